The minimum atomic E-state index is -3.60. The van der Waals surface area contributed by atoms with E-state index >= 15 is 0 Å². The molecule has 2 aliphatic heterocycles. The molecule has 0 saturated carbocycles. The van der Waals surface area contributed by atoms with Crippen molar-refractivity contribution in [1.29, 1.82) is 0 Å². The van der Waals surface area contributed by atoms with Crippen LogP contribution in [0.1, 0.15) is 16.5 Å². The van der Waals surface area contributed by atoms with Crippen molar-refractivity contribution in [2.75, 3.05) is 46.5 Å². The number of carbonyl (C=O) groups is 1. The summed E-state index contributed by atoms with van der Waals surface area (Å²) in [5.74, 6) is 0.301. The average molecular weight is 407 g/mol. The van der Waals surface area contributed by atoms with Crippen LogP contribution in [-0.4, -0.2) is 85.0 Å². The van der Waals surface area contributed by atoms with Crippen LogP contribution in [0.15, 0.2) is 35.4 Å². The largest absolute Gasteiger partial charge is 0.497 e. The fraction of sp³-hybridized carbons (Fsp3) is 0.471. The summed E-state index contributed by atoms with van der Waals surface area (Å²) < 4.78 is 38.7. The number of ether oxygens (including phenoxy) is 2. The number of nitrogens with zero attached hydrogens (tertiary/aromatic N) is 5. The van der Waals surface area contributed by atoms with Gasteiger partial charge < -0.3 is 14.4 Å². The Kier molecular flexibility index (Phi) is 5.04. The topological polar surface area (TPSA) is 107 Å². The number of rotatable bonds is 5. The Morgan fingerprint density at radius 2 is 2.00 bits per heavy atom. The summed E-state index contributed by atoms with van der Waals surface area (Å²) in [6.07, 6.45) is 1.58. The smallest absolute Gasteiger partial charge is 0.276 e. The molecule has 0 radical (unpaired) electrons. The van der Waals surface area contributed by atoms with Crippen molar-refractivity contribution in [1.82, 2.24) is 24.2 Å². The highest BCUT2D eigenvalue weighted by atomic mass is 32.2. The first kappa shape index (κ1) is 18.8. The van der Waals surface area contributed by atoms with Crippen molar-refractivity contribution < 1.29 is 22.7 Å². The van der Waals surface area contributed by atoms with Crippen LogP contribution < -0.4 is 4.74 Å². The zero-order valence-corrected chi connectivity index (χ0v) is 16.2. The highest BCUT2D eigenvalue weighted by Gasteiger charge is 2.39. The molecule has 0 spiro atoms. The van der Waals surface area contributed by atoms with Crippen molar-refractivity contribution in [3.63, 3.8) is 0 Å². The van der Waals surface area contributed by atoms with E-state index in [0.29, 0.717) is 32.1 Å². The molecule has 28 heavy (non-hydrogen) atoms. The second-order valence-electron chi connectivity index (χ2n) is 6.64. The van der Waals surface area contributed by atoms with Gasteiger partial charge in [-0.25, -0.2) is 13.1 Å². The molecular formula is C17H21N5O5S. The fourth-order valence-electron chi connectivity index (χ4n) is 3.17. The lowest BCUT2D eigenvalue weighted by atomic mass is 10.2. The van der Waals surface area contributed by atoms with Gasteiger partial charge in [0.15, 0.2) is 5.69 Å². The molecule has 0 aliphatic carbocycles. The molecule has 2 aliphatic rings. The molecule has 2 saturated heterocycles. The molecular weight excluding hydrogens is 386 g/mol. The van der Waals surface area contributed by atoms with Gasteiger partial charge in [0.1, 0.15) is 5.75 Å². The number of hydrogen-bond acceptors (Lipinski definition) is 7. The molecule has 10 nitrogen and oxygen atoms in total. The quantitative estimate of drug-likeness (QED) is 0.687. The monoisotopic (exact) mass is 407 g/mol. The Morgan fingerprint density at radius 3 is 2.71 bits per heavy atom. The van der Waals surface area contributed by atoms with Gasteiger partial charge in [0.2, 0.25) is 10.0 Å². The zero-order valence-electron chi connectivity index (χ0n) is 15.4. The standard InChI is InChI=1S/C17H21N5O5S/c1-26-14-3-2-4-15(9-14)28(24,25)21-10-13(11-21)22-12-16(18-19-22)17(23)20-5-7-27-8-6-20/h2-4,9,12-13H,5-8,10-11H2,1H3. The van der Waals surface area contributed by atoms with Crippen LogP contribution in [0.5, 0.6) is 5.75 Å². The SMILES string of the molecule is COc1cccc(S(=O)(=O)N2CC(n3cc(C(=O)N4CCOCC4)nn3)C2)c1. The summed E-state index contributed by atoms with van der Waals surface area (Å²) in [7, 11) is -2.11. The van der Waals surface area contributed by atoms with Crippen molar-refractivity contribution in [2.24, 2.45) is 0 Å². The van der Waals surface area contributed by atoms with E-state index in [2.05, 4.69) is 10.3 Å². The van der Waals surface area contributed by atoms with Crippen molar-refractivity contribution in [2.45, 2.75) is 10.9 Å². The molecule has 1 aromatic heterocycles. The highest BCUT2D eigenvalue weighted by Crippen LogP contribution is 2.29. The first-order valence-corrected chi connectivity index (χ1v) is 10.4. The van der Waals surface area contributed by atoms with Gasteiger partial charge in [0, 0.05) is 32.2 Å². The molecule has 11 heteroatoms. The second-order valence-corrected chi connectivity index (χ2v) is 8.58. The Labute approximate surface area is 162 Å². The predicted molar refractivity (Wildman–Crippen MR) is 97.5 cm³/mol. The van der Waals surface area contributed by atoms with E-state index in [1.807, 2.05) is 0 Å². The lowest BCUT2D eigenvalue weighted by molar-refractivity contribution is 0.0299. The molecule has 4 rings (SSSR count). The lowest BCUT2D eigenvalue weighted by Gasteiger charge is -2.37. The molecule has 0 bridgehead atoms. The predicted octanol–water partition coefficient (Wildman–Crippen LogP) is 0.00470. The van der Waals surface area contributed by atoms with E-state index < -0.39 is 10.0 Å². The number of sulfonamides is 1. The van der Waals surface area contributed by atoms with E-state index in [9.17, 15) is 13.2 Å². The molecule has 0 atom stereocenters. The summed E-state index contributed by atoms with van der Waals surface area (Å²) in [6.45, 7) is 2.63. The Hall–Kier alpha value is -2.50. The number of aromatic nitrogens is 3. The van der Waals surface area contributed by atoms with Crippen molar-refractivity contribution in [3.05, 3.63) is 36.2 Å². The first-order valence-electron chi connectivity index (χ1n) is 8.92. The van der Waals surface area contributed by atoms with E-state index in [0.717, 1.165) is 0 Å². The summed E-state index contributed by atoms with van der Waals surface area (Å²) in [5, 5.41) is 7.98. The maximum atomic E-state index is 12.7. The summed E-state index contributed by atoms with van der Waals surface area (Å²) in [6, 6.07) is 6.22. The summed E-state index contributed by atoms with van der Waals surface area (Å²) in [4.78, 5) is 14.3. The van der Waals surface area contributed by atoms with E-state index in [1.54, 1.807) is 34.0 Å². The molecule has 3 heterocycles. The van der Waals surface area contributed by atoms with Crippen LogP contribution in [0.2, 0.25) is 0 Å². The molecule has 0 unspecified atom stereocenters. The van der Waals surface area contributed by atoms with Gasteiger partial charge >= 0.3 is 0 Å². The van der Waals surface area contributed by atoms with E-state index in [4.69, 9.17) is 9.47 Å². The first-order chi connectivity index (χ1) is 13.5. The third kappa shape index (κ3) is 3.48. The van der Waals surface area contributed by atoms with Gasteiger partial charge in [0.25, 0.3) is 5.91 Å². The van der Waals surface area contributed by atoms with Gasteiger partial charge in [-0.1, -0.05) is 11.3 Å². The third-order valence-electron chi connectivity index (χ3n) is 4.91. The van der Waals surface area contributed by atoms with Crippen LogP contribution in [0.4, 0.5) is 0 Å². The lowest BCUT2D eigenvalue weighted by Crippen LogP contribution is -2.50. The Bertz CT molecular complexity index is 964. The normalized spacial score (nSPS) is 18.7. The molecule has 150 valence electrons. The molecule has 2 fully saturated rings. The van der Waals surface area contributed by atoms with Crippen LogP contribution in [0.25, 0.3) is 0 Å². The van der Waals surface area contributed by atoms with Crippen molar-refractivity contribution >= 4 is 15.9 Å². The van der Waals surface area contributed by atoms with Gasteiger partial charge in [-0.2, -0.15) is 4.31 Å². The van der Waals surface area contributed by atoms with Crippen LogP contribution in [-0.2, 0) is 14.8 Å². The molecule has 0 N–H and O–H groups in total. The summed E-state index contributed by atoms with van der Waals surface area (Å²) in [5.41, 5.74) is 0.260. The van der Waals surface area contributed by atoms with Gasteiger partial charge in [-0.15, -0.1) is 5.10 Å². The minimum absolute atomic E-state index is 0.154. The number of hydrogen-bond donors (Lipinski definition) is 0. The van der Waals surface area contributed by atoms with E-state index in [-0.39, 0.29) is 35.6 Å². The van der Waals surface area contributed by atoms with E-state index in [1.165, 1.54) is 17.5 Å². The molecule has 2 aromatic rings. The van der Waals surface area contributed by atoms with Gasteiger partial charge in [0.05, 0.1) is 37.5 Å². The van der Waals surface area contributed by atoms with Gasteiger partial charge in [-0.05, 0) is 12.1 Å². The van der Waals surface area contributed by atoms with Crippen LogP contribution >= 0.6 is 0 Å². The Morgan fingerprint density at radius 1 is 1.25 bits per heavy atom. The third-order valence-corrected chi connectivity index (χ3v) is 6.74. The number of benzene rings is 1. The molecule has 1 amide bonds. The second kappa shape index (κ2) is 7.49. The Balaban J connectivity index is 1.41. The van der Waals surface area contributed by atoms with Gasteiger partial charge in [-0.3, -0.25) is 4.79 Å². The number of amides is 1. The number of methoxy groups -OCH3 is 1. The van der Waals surface area contributed by atoms with Crippen LogP contribution in [0, 0.1) is 0 Å². The minimum Gasteiger partial charge on any atom is -0.497 e. The number of carbonyl (C=O) groups excluding carboxylic acids is 1. The van der Waals surface area contributed by atoms with Crippen LogP contribution in [0.3, 0.4) is 0 Å². The zero-order chi connectivity index (χ0) is 19.7. The van der Waals surface area contributed by atoms with Crippen molar-refractivity contribution in [3.8, 4) is 5.75 Å². The maximum absolute atomic E-state index is 12.7. The fourth-order valence-corrected chi connectivity index (χ4v) is 4.72. The average Bonchev–Trinajstić information content (AvgIpc) is 3.16. The number of morpholine rings is 1. The molecule has 1 aromatic carbocycles. The maximum Gasteiger partial charge on any atom is 0.276 e. The summed E-state index contributed by atoms with van der Waals surface area (Å²) >= 11 is 0. The highest BCUT2D eigenvalue weighted by molar-refractivity contribution is 7.89.